The number of carbonyl (C=O) groups is 1. The largest absolute Gasteiger partial charge is 0.353 e. The number of amides is 1. The third-order valence-electron chi connectivity index (χ3n) is 3.79. The van der Waals surface area contributed by atoms with Gasteiger partial charge in [-0.1, -0.05) is 55.9 Å². The normalized spacial score (nSPS) is 12.4. The van der Waals surface area contributed by atoms with Crippen molar-refractivity contribution in [2.24, 2.45) is 5.92 Å². The van der Waals surface area contributed by atoms with Crippen LogP contribution in [0.1, 0.15) is 27.7 Å². The number of nitrogens with zero attached hydrogens (tertiary/aromatic N) is 3. The summed E-state index contributed by atoms with van der Waals surface area (Å²) in [5.74, 6) is 1.65. The average Bonchev–Trinajstić information content (AvgIpc) is 2.96. The van der Waals surface area contributed by atoms with Crippen LogP contribution in [0.15, 0.2) is 35.5 Å². The first-order chi connectivity index (χ1) is 11.0. The lowest BCUT2D eigenvalue weighted by molar-refractivity contribution is -0.119. The predicted molar refractivity (Wildman–Crippen MR) is 94.3 cm³/mol. The zero-order chi connectivity index (χ0) is 16.8. The van der Waals surface area contributed by atoms with E-state index in [9.17, 15) is 4.79 Å². The molecule has 0 saturated carbocycles. The van der Waals surface area contributed by atoms with Crippen molar-refractivity contribution >= 4 is 17.7 Å². The molecule has 6 heteroatoms. The number of rotatable bonds is 7. The third kappa shape index (κ3) is 4.58. The minimum atomic E-state index is 0.0307. The Hall–Kier alpha value is -1.82. The highest BCUT2D eigenvalue weighted by Crippen LogP contribution is 2.23. The van der Waals surface area contributed by atoms with Crippen molar-refractivity contribution in [2.75, 3.05) is 5.75 Å². The van der Waals surface area contributed by atoms with Gasteiger partial charge in [0.1, 0.15) is 0 Å². The van der Waals surface area contributed by atoms with Crippen LogP contribution in [0.2, 0.25) is 0 Å². The van der Waals surface area contributed by atoms with Gasteiger partial charge < -0.3 is 9.88 Å². The van der Waals surface area contributed by atoms with Gasteiger partial charge in [-0.15, -0.1) is 10.2 Å². The Morgan fingerprint density at radius 1 is 1.22 bits per heavy atom. The number of hydrogen-bond acceptors (Lipinski definition) is 4. The summed E-state index contributed by atoms with van der Waals surface area (Å²) in [7, 11) is 0. The molecule has 0 unspecified atom stereocenters. The molecular formula is C17H24N4OS. The summed E-state index contributed by atoms with van der Waals surface area (Å²) in [6.45, 7) is 9.04. The summed E-state index contributed by atoms with van der Waals surface area (Å²) in [4.78, 5) is 12.0. The second-order valence-corrected chi connectivity index (χ2v) is 6.75. The van der Waals surface area contributed by atoms with Crippen LogP contribution < -0.4 is 5.32 Å². The van der Waals surface area contributed by atoms with Crippen LogP contribution >= 0.6 is 11.8 Å². The predicted octanol–water partition coefficient (Wildman–Crippen LogP) is 3.22. The lowest BCUT2D eigenvalue weighted by Crippen LogP contribution is -2.37. The first-order valence-corrected chi connectivity index (χ1v) is 8.92. The maximum Gasteiger partial charge on any atom is 0.230 e. The van der Waals surface area contributed by atoms with Crippen LogP contribution in [-0.4, -0.2) is 32.5 Å². The Bertz CT molecular complexity index is 639. The SMILES string of the molecule is CCn1c(SCC(=O)N[C@@H](C)C(C)C)nnc1-c1ccccc1. The molecule has 0 aliphatic rings. The van der Waals surface area contributed by atoms with Crippen molar-refractivity contribution in [3.05, 3.63) is 30.3 Å². The van der Waals surface area contributed by atoms with Crippen LogP contribution in [-0.2, 0) is 11.3 Å². The van der Waals surface area contributed by atoms with Crippen LogP contribution in [0, 0.1) is 5.92 Å². The summed E-state index contributed by atoms with van der Waals surface area (Å²) in [6.07, 6.45) is 0. The molecule has 0 fully saturated rings. The third-order valence-corrected chi connectivity index (χ3v) is 4.75. The lowest BCUT2D eigenvalue weighted by Gasteiger charge is -2.17. The molecule has 1 amide bonds. The second kappa shape index (κ2) is 8.15. The van der Waals surface area contributed by atoms with E-state index < -0.39 is 0 Å². The number of thioether (sulfide) groups is 1. The van der Waals surface area contributed by atoms with E-state index in [4.69, 9.17) is 0 Å². The first-order valence-electron chi connectivity index (χ1n) is 7.93. The van der Waals surface area contributed by atoms with Gasteiger partial charge in [0.2, 0.25) is 5.91 Å². The Morgan fingerprint density at radius 2 is 1.91 bits per heavy atom. The van der Waals surface area contributed by atoms with Crippen molar-refractivity contribution in [3.63, 3.8) is 0 Å². The van der Waals surface area contributed by atoms with E-state index in [-0.39, 0.29) is 11.9 Å². The molecule has 2 aromatic rings. The average molecular weight is 332 g/mol. The molecule has 1 aromatic carbocycles. The van der Waals surface area contributed by atoms with E-state index in [1.165, 1.54) is 11.8 Å². The molecule has 1 aromatic heterocycles. The van der Waals surface area contributed by atoms with Crippen LogP contribution in [0.4, 0.5) is 0 Å². The van der Waals surface area contributed by atoms with Gasteiger partial charge in [0, 0.05) is 18.2 Å². The number of aromatic nitrogens is 3. The topological polar surface area (TPSA) is 59.8 Å². The Labute approximate surface area is 141 Å². The Kier molecular flexibility index (Phi) is 6.21. The number of nitrogens with one attached hydrogen (secondary N) is 1. The van der Waals surface area contributed by atoms with E-state index >= 15 is 0 Å². The number of carbonyl (C=O) groups excluding carboxylic acids is 1. The molecule has 1 heterocycles. The molecule has 2 rings (SSSR count). The van der Waals surface area contributed by atoms with E-state index in [2.05, 4.69) is 36.3 Å². The Balaban J connectivity index is 2.04. The van der Waals surface area contributed by atoms with E-state index in [1.807, 2.05) is 41.8 Å². The fraction of sp³-hybridized carbons (Fsp3) is 0.471. The van der Waals surface area contributed by atoms with Crippen LogP contribution in [0.5, 0.6) is 0 Å². The molecule has 0 spiro atoms. The van der Waals surface area contributed by atoms with Crippen LogP contribution in [0.25, 0.3) is 11.4 Å². The van der Waals surface area contributed by atoms with Crippen LogP contribution in [0.3, 0.4) is 0 Å². The second-order valence-electron chi connectivity index (χ2n) is 5.81. The minimum absolute atomic E-state index is 0.0307. The molecule has 0 aliphatic heterocycles. The molecule has 0 bridgehead atoms. The molecule has 5 nitrogen and oxygen atoms in total. The zero-order valence-electron chi connectivity index (χ0n) is 14.1. The Morgan fingerprint density at radius 3 is 2.52 bits per heavy atom. The molecule has 23 heavy (non-hydrogen) atoms. The summed E-state index contributed by atoms with van der Waals surface area (Å²) in [5, 5.41) is 12.3. The lowest BCUT2D eigenvalue weighted by atomic mass is 10.1. The van der Waals surface area contributed by atoms with E-state index in [0.29, 0.717) is 11.7 Å². The highest BCUT2D eigenvalue weighted by atomic mass is 32.2. The van der Waals surface area contributed by atoms with Crippen molar-refractivity contribution in [1.82, 2.24) is 20.1 Å². The quantitative estimate of drug-likeness (QED) is 0.791. The molecule has 0 radical (unpaired) electrons. The zero-order valence-corrected chi connectivity index (χ0v) is 14.9. The van der Waals surface area contributed by atoms with Crippen molar-refractivity contribution in [3.8, 4) is 11.4 Å². The summed E-state index contributed by atoms with van der Waals surface area (Å²) < 4.78 is 2.04. The summed E-state index contributed by atoms with van der Waals surface area (Å²) >= 11 is 1.43. The monoisotopic (exact) mass is 332 g/mol. The standard InChI is InChI=1S/C17H24N4OS/c1-5-21-16(14-9-7-6-8-10-14)19-20-17(21)23-11-15(22)18-13(4)12(2)3/h6-10,12-13H,5,11H2,1-4H3,(H,18,22)/t13-/m0/s1. The first kappa shape index (κ1) is 17.5. The maximum atomic E-state index is 12.0. The van der Waals surface area contributed by atoms with E-state index in [1.54, 1.807) is 0 Å². The fourth-order valence-corrected chi connectivity index (χ4v) is 2.89. The molecule has 0 aliphatic carbocycles. The molecule has 1 atom stereocenters. The molecule has 1 N–H and O–H groups in total. The van der Waals surface area contributed by atoms with Gasteiger partial charge in [-0.3, -0.25) is 4.79 Å². The highest BCUT2D eigenvalue weighted by molar-refractivity contribution is 7.99. The van der Waals surface area contributed by atoms with Gasteiger partial charge in [-0.2, -0.15) is 0 Å². The fourth-order valence-electron chi connectivity index (χ4n) is 2.07. The van der Waals surface area contributed by atoms with Crippen molar-refractivity contribution in [2.45, 2.75) is 45.4 Å². The van der Waals surface area contributed by atoms with E-state index in [0.717, 1.165) is 23.1 Å². The van der Waals surface area contributed by atoms with Gasteiger partial charge in [-0.25, -0.2) is 0 Å². The summed E-state index contributed by atoms with van der Waals surface area (Å²) in [6, 6.07) is 10.1. The van der Waals surface area contributed by atoms with Crippen molar-refractivity contribution < 1.29 is 4.79 Å². The number of benzene rings is 1. The van der Waals surface area contributed by atoms with Gasteiger partial charge in [0.25, 0.3) is 0 Å². The molecule has 0 saturated heterocycles. The maximum absolute atomic E-state index is 12.0. The van der Waals surface area contributed by atoms with Crippen molar-refractivity contribution in [1.29, 1.82) is 0 Å². The molecular weight excluding hydrogens is 308 g/mol. The minimum Gasteiger partial charge on any atom is -0.353 e. The van der Waals surface area contributed by atoms with Gasteiger partial charge >= 0.3 is 0 Å². The summed E-state index contributed by atoms with van der Waals surface area (Å²) in [5.41, 5.74) is 1.03. The smallest absolute Gasteiger partial charge is 0.230 e. The van der Waals surface area contributed by atoms with Gasteiger partial charge in [0.15, 0.2) is 11.0 Å². The highest BCUT2D eigenvalue weighted by Gasteiger charge is 2.15. The van der Waals surface area contributed by atoms with Gasteiger partial charge in [0.05, 0.1) is 5.75 Å². The number of hydrogen-bond donors (Lipinski definition) is 1. The van der Waals surface area contributed by atoms with Gasteiger partial charge in [-0.05, 0) is 19.8 Å². The molecule has 124 valence electrons.